The lowest BCUT2D eigenvalue weighted by atomic mass is 9.33. The number of aliphatic hydroxyl groups is 22. The summed E-state index contributed by atoms with van der Waals surface area (Å²) < 4.78 is 90.9. The Morgan fingerprint density at radius 3 is 1.55 bits per heavy atom. The zero-order chi connectivity index (χ0) is 87.4. The predicted octanol–water partition coefficient (Wildman–Crippen LogP) is -6.10. The van der Waals surface area contributed by atoms with Crippen LogP contribution in [0.1, 0.15) is 133 Å². The molecule has 0 radical (unpaired) electrons. The van der Waals surface area contributed by atoms with E-state index in [2.05, 4.69) is 33.4 Å². The molecule has 0 amide bonds. The fourth-order valence-electron chi connectivity index (χ4n) is 21.4. The quantitative estimate of drug-likeness (QED) is 0.0185. The SMILES string of the molecule is C=C[C@](C)(CC/C=C(\C)C(=O)O[C@H]1C[C@]2(C(=O)O[C@@H]3O[C@H](CO[C@@H]4O[C@@H](C)[C@H](O)[C@@H](O)[C@H]4O)[C@@H](O)[C@H](O)[C@H]3O[C@@H]3OC[C@@H](O)[C@H](O)[C@H]3O)[C@@H](O)C[C@]3(C)C(=CC[C@@H]4[C@@]5(C)CC[C@H](O[C@@H]6O[C@H](CO[C@@H]7O[C@H](CO)[C@@H](O)[C@H](O)[C@H]7O)[C@@H](O)[C@H](O)[C@H]6O[C@@H]6OC[C@H](O)[C@H](O)[C@H]6O)C(C)(C)[C@@H]5CC[C@]43C)[C@@H]2CC1(C)C)O[C@@H]1O[C@H](CO)[C@@H](O)[C@H](O)[C@H]1O. The number of esters is 2. The van der Waals surface area contributed by atoms with Crippen LogP contribution in [0.5, 0.6) is 0 Å². The van der Waals surface area contributed by atoms with Gasteiger partial charge in [0.05, 0.1) is 63.6 Å². The van der Waals surface area contributed by atoms with Gasteiger partial charge in [-0.1, -0.05) is 72.3 Å². The lowest BCUT2D eigenvalue weighted by Crippen LogP contribution is -2.70. The zero-order valence-electron chi connectivity index (χ0n) is 68.5. The molecule has 7 aliphatic heterocycles. The second kappa shape index (κ2) is 36.5. The normalized spacial score (nSPS) is 51.1. The summed E-state index contributed by atoms with van der Waals surface area (Å²) in [6.45, 7) is 18.6. The maximum Gasteiger partial charge on any atom is 0.333 e. The monoisotopic (exact) mass is 1710 g/mol. The minimum Gasteiger partial charge on any atom is -0.458 e. The van der Waals surface area contributed by atoms with Crippen LogP contribution in [0.3, 0.4) is 0 Å². The third kappa shape index (κ3) is 17.5. The van der Waals surface area contributed by atoms with Gasteiger partial charge in [0.1, 0.15) is 158 Å². The van der Waals surface area contributed by atoms with Crippen molar-refractivity contribution in [3.05, 3.63) is 36.0 Å². The van der Waals surface area contributed by atoms with Gasteiger partial charge in [-0.15, -0.1) is 6.58 Å². The highest BCUT2D eigenvalue weighted by molar-refractivity contribution is 5.88. The molecule has 0 bridgehead atoms. The molecule has 22 N–H and O–H groups in total. The summed E-state index contributed by atoms with van der Waals surface area (Å²) in [4.78, 5) is 31.4. The number of fused-ring (bicyclic) bond motifs is 7. The number of hydrogen-bond donors (Lipinski definition) is 22. The molecular formula is C80H128O39. The summed E-state index contributed by atoms with van der Waals surface area (Å²) in [5.41, 5.74) is -6.65. The fraction of sp³-hybridized carbons (Fsp3) is 0.900. The van der Waals surface area contributed by atoms with Gasteiger partial charge in [0.2, 0.25) is 6.29 Å². The van der Waals surface area contributed by atoms with E-state index >= 15 is 4.79 Å². The molecule has 0 spiro atoms. The maximum absolute atomic E-state index is 16.6. The summed E-state index contributed by atoms with van der Waals surface area (Å²) in [5, 5.41) is 242. The average molecular weight is 1710 g/mol. The molecular weight excluding hydrogens is 1580 g/mol. The number of hydrogen-bond acceptors (Lipinski definition) is 39. The van der Waals surface area contributed by atoms with Crippen molar-refractivity contribution in [2.45, 2.75) is 360 Å². The Labute approximate surface area is 688 Å². The first kappa shape index (κ1) is 94.9. The molecule has 4 saturated carbocycles. The molecule has 119 heavy (non-hydrogen) atoms. The van der Waals surface area contributed by atoms with Crippen LogP contribution in [-0.4, -0.2) is 391 Å². The van der Waals surface area contributed by atoms with E-state index in [1.54, 1.807) is 13.0 Å². The van der Waals surface area contributed by atoms with Crippen LogP contribution in [0.25, 0.3) is 0 Å². The first-order valence-electron chi connectivity index (χ1n) is 41.3. The van der Waals surface area contributed by atoms with E-state index in [9.17, 15) is 117 Å². The van der Waals surface area contributed by atoms with Gasteiger partial charge >= 0.3 is 11.9 Å². The molecule has 39 heteroatoms. The Kier molecular flexibility index (Phi) is 29.1. The fourth-order valence-corrected chi connectivity index (χ4v) is 21.4. The Morgan fingerprint density at radius 1 is 0.521 bits per heavy atom. The number of ether oxygens (including phenoxy) is 15. The molecule has 0 aromatic rings. The average Bonchev–Trinajstić information content (AvgIpc) is 0.668. The molecule has 12 aliphatic rings. The zero-order valence-corrected chi connectivity index (χ0v) is 68.5. The topological polar surface area (TPSA) is 618 Å². The van der Waals surface area contributed by atoms with Crippen LogP contribution in [-0.2, 0) is 80.6 Å². The third-order valence-corrected chi connectivity index (χ3v) is 29.3. The van der Waals surface area contributed by atoms with Crippen LogP contribution >= 0.6 is 0 Å². The first-order chi connectivity index (χ1) is 55.7. The van der Waals surface area contributed by atoms with Crippen LogP contribution in [0, 0.1) is 50.2 Å². The molecule has 0 aromatic heterocycles. The van der Waals surface area contributed by atoms with Crippen LogP contribution in [0.15, 0.2) is 36.0 Å². The Bertz CT molecular complexity index is 3520. The highest BCUT2D eigenvalue weighted by atomic mass is 16.8. The van der Waals surface area contributed by atoms with Crippen LogP contribution in [0.4, 0.5) is 0 Å². The van der Waals surface area contributed by atoms with Gasteiger partial charge in [-0.05, 0) is 118 Å². The Balaban J connectivity index is 0.850. The van der Waals surface area contributed by atoms with E-state index in [0.29, 0.717) is 32.1 Å². The van der Waals surface area contributed by atoms with E-state index in [0.717, 1.165) is 5.57 Å². The van der Waals surface area contributed by atoms with Crippen molar-refractivity contribution in [2.75, 3.05) is 39.6 Å². The third-order valence-electron chi connectivity index (χ3n) is 29.3. The smallest absolute Gasteiger partial charge is 0.333 e. The van der Waals surface area contributed by atoms with Gasteiger partial charge in [-0.25, -0.2) is 4.79 Å². The summed E-state index contributed by atoms with van der Waals surface area (Å²) in [6.07, 6.45) is -53.8. The molecule has 682 valence electrons. The van der Waals surface area contributed by atoms with E-state index in [-0.39, 0.29) is 43.1 Å². The predicted molar refractivity (Wildman–Crippen MR) is 398 cm³/mol. The van der Waals surface area contributed by atoms with Crippen LogP contribution in [0.2, 0.25) is 0 Å². The van der Waals surface area contributed by atoms with E-state index in [1.165, 1.54) is 19.9 Å². The van der Waals surface area contributed by atoms with Gasteiger partial charge in [0.25, 0.3) is 0 Å². The highest BCUT2D eigenvalue weighted by Gasteiger charge is 2.74. The molecule has 0 aromatic carbocycles. The maximum atomic E-state index is 16.6. The largest absolute Gasteiger partial charge is 0.458 e. The lowest BCUT2D eigenvalue weighted by molar-refractivity contribution is -0.376. The molecule has 44 atom stereocenters. The van der Waals surface area contributed by atoms with Gasteiger partial charge in [-0.2, -0.15) is 0 Å². The highest BCUT2D eigenvalue weighted by Crippen LogP contribution is 2.76. The number of rotatable bonds is 24. The minimum atomic E-state index is -2.16. The summed E-state index contributed by atoms with van der Waals surface area (Å²) in [5.74, 6) is -3.34. The van der Waals surface area contributed by atoms with Crippen LogP contribution < -0.4 is 0 Å². The standard InChI is InChI=1S/C80H128O39/c1-12-76(8,119-70-62(102)55(95)50(90)38(26-82)111-70)19-13-14-31(2)65(103)114-45-24-80(73(104)118-72-64(117-69-59(99)48(88)36(84)28-106-69)57(97)52(92)40(113-72)29-107-66-60(100)53(93)46(86)32(3)109-66)34(22-74(45,4)5)33-15-16-42-77(9)20-18-44(75(6,7)41(77)17-21-78(42,10)79(33,11)23-43(80)85)115-71-63(116-68-58(98)47(87)35(83)27-105-68)56(96)51(91)39(112-71)30-108-67-61(101)54(94)49(89)37(25-81)110-67/h12,14-15,32,34-64,66-72,81-102H,1,13,16-30H2,2-11H3/b31-14+/t32-,34-,35-,36+,37+,38+,39+,40+,41-,42+,43-,44-,45-,46-,47-,48-,49+,50+,51+,52+,53+,54-,55-,56-,57-,58+,59+,60+,61+,62+,63+,64+,66+,67+,68-,69-,70-,71-,72-,76+,77-,78+,79+,80+/m0/s1. The first-order valence-corrected chi connectivity index (χ1v) is 41.3. The molecule has 7 saturated heterocycles. The molecule has 11 fully saturated rings. The summed E-state index contributed by atoms with van der Waals surface area (Å²) in [7, 11) is 0. The molecule has 39 nitrogen and oxygen atoms in total. The van der Waals surface area contributed by atoms with Gasteiger partial charge in [0, 0.05) is 17.4 Å². The second-order valence-corrected chi connectivity index (χ2v) is 37.3. The number of aliphatic hydroxyl groups excluding tert-OH is 22. The van der Waals surface area contributed by atoms with Crippen molar-refractivity contribution < 1.29 is 193 Å². The van der Waals surface area contributed by atoms with E-state index in [1.807, 2.05) is 27.7 Å². The number of carbonyl (C=O) groups is 2. The summed E-state index contributed by atoms with van der Waals surface area (Å²) >= 11 is 0. The summed E-state index contributed by atoms with van der Waals surface area (Å²) in [6, 6.07) is 0. The van der Waals surface area contributed by atoms with Crippen molar-refractivity contribution >= 4 is 11.9 Å². The second-order valence-electron chi connectivity index (χ2n) is 37.3. The number of allylic oxidation sites excluding steroid dienone is 3. The molecule has 7 heterocycles. The molecule has 12 rings (SSSR count). The lowest BCUT2D eigenvalue weighted by Gasteiger charge is -2.72. The Hall–Kier alpha value is -3.24. The van der Waals surface area contributed by atoms with Gasteiger partial charge in [-0.3, -0.25) is 4.79 Å². The molecule has 0 unspecified atom stereocenters. The van der Waals surface area contributed by atoms with Gasteiger partial charge in [0.15, 0.2) is 43.8 Å². The van der Waals surface area contributed by atoms with Crippen molar-refractivity contribution in [1.82, 2.24) is 0 Å². The van der Waals surface area contributed by atoms with Crippen molar-refractivity contribution in [2.24, 2.45) is 50.2 Å². The van der Waals surface area contributed by atoms with E-state index in [4.69, 9.17) is 71.1 Å². The minimum absolute atomic E-state index is 0.0317. The van der Waals surface area contributed by atoms with Crippen molar-refractivity contribution in [1.29, 1.82) is 0 Å². The molecule has 5 aliphatic carbocycles. The number of carbonyl (C=O) groups excluding carboxylic acids is 2. The van der Waals surface area contributed by atoms with Crippen molar-refractivity contribution in [3.8, 4) is 0 Å². The van der Waals surface area contributed by atoms with Gasteiger partial charge < -0.3 is 183 Å². The Morgan fingerprint density at radius 2 is 1.01 bits per heavy atom. The van der Waals surface area contributed by atoms with Crippen molar-refractivity contribution in [3.63, 3.8) is 0 Å². The van der Waals surface area contributed by atoms with E-state index < -0.39 is 323 Å².